The molecule has 3 heteroatoms. The summed E-state index contributed by atoms with van der Waals surface area (Å²) in [5.74, 6) is 0. The van der Waals surface area contributed by atoms with Crippen LogP contribution in [0.25, 0.3) is 0 Å². The summed E-state index contributed by atoms with van der Waals surface area (Å²) in [7, 11) is 0. The molecule has 0 aromatic heterocycles. The summed E-state index contributed by atoms with van der Waals surface area (Å²) in [5.41, 5.74) is 0. The van der Waals surface area contributed by atoms with Gasteiger partial charge in [-0.3, -0.25) is 0 Å². The number of benzene rings is 1. The number of hydrogen-bond donors (Lipinski definition) is 0. The Kier molecular flexibility index (Phi) is 4.61. The molecule has 0 saturated carbocycles. The van der Waals surface area contributed by atoms with Gasteiger partial charge in [0.1, 0.15) is 0 Å². The van der Waals surface area contributed by atoms with Crippen LogP contribution in [0.1, 0.15) is 19.8 Å². The Labute approximate surface area is 106 Å². The van der Waals surface area contributed by atoms with Crippen LogP contribution >= 0.6 is 0 Å². The van der Waals surface area contributed by atoms with Crippen LogP contribution in [0.3, 0.4) is 0 Å². The van der Waals surface area contributed by atoms with E-state index >= 15 is 0 Å². The van der Waals surface area contributed by atoms with Gasteiger partial charge in [-0.15, -0.1) is 0 Å². The van der Waals surface area contributed by atoms with E-state index < -0.39 is 0 Å². The van der Waals surface area contributed by atoms with Crippen molar-refractivity contribution in [3.8, 4) is 0 Å². The van der Waals surface area contributed by atoms with E-state index in [1.165, 1.54) is 12.8 Å². The van der Waals surface area contributed by atoms with E-state index in [4.69, 9.17) is 4.74 Å². The van der Waals surface area contributed by atoms with Crippen molar-refractivity contribution in [1.29, 1.82) is 0 Å². The number of fused-ring (bicyclic) bond motifs is 1. The van der Waals surface area contributed by atoms with Crippen LogP contribution in [-0.4, -0.2) is 50.7 Å². The van der Waals surface area contributed by atoms with E-state index in [1.807, 2.05) is 0 Å². The van der Waals surface area contributed by atoms with Crippen LogP contribution in [0.4, 0.5) is 0 Å². The average Bonchev–Trinajstić information content (AvgIpc) is 2.60. The molecule has 14 heavy (non-hydrogen) atoms. The fourth-order valence-electron chi connectivity index (χ4n) is 1.27. The van der Waals surface area contributed by atoms with Crippen LogP contribution in [0, 0.1) is 0 Å². The van der Waals surface area contributed by atoms with Gasteiger partial charge in [0.2, 0.25) is 0 Å². The molecule has 0 saturated heterocycles. The van der Waals surface area contributed by atoms with Gasteiger partial charge in [0.15, 0.2) is 0 Å². The molecule has 1 heterocycles. The number of ether oxygens (including phenoxy) is 1. The molecule has 1 aliphatic rings. The molecular weight excluding hydrogens is 403 g/mol. The van der Waals surface area contributed by atoms with Crippen LogP contribution in [-0.2, 0) is 4.74 Å². The van der Waals surface area contributed by atoms with E-state index in [-0.39, 0.29) is 41.8 Å². The molecule has 0 atom stereocenters. The molecule has 0 fully saturated rings. The number of unbranched alkanes of at least 4 members (excludes halogenated alkanes) is 1. The molecule has 0 spiro atoms. The van der Waals surface area contributed by atoms with Crippen molar-refractivity contribution in [3.63, 3.8) is 0 Å². The zero-order valence-corrected chi connectivity index (χ0v) is 12.9. The van der Waals surface area contributed by atoms with E-state index in [9.17, 15) is 0 Å². The van der Waals surface area contributed by atoms with Gasteiger partial charge < -0.3 is 0 Å². The zero-order valence-electron chi connectivity index (χ0n) is 8.23. The minimum atomic E-state index is -0.00649. The SMILES string of the molecule is CCCCOC1[Te]c2ccccc2[Te]1. The Hall–Kier alpha value is 0.759. The molecule has 2 rings (SSSR count). The summed E-state index contributed by atoms with van der Waals surface area (Å²) in [6, 6.07) is 8.97. The first kappa shape index (κ1) is 11.3. The summed E-state index contributed by atoms with van der Waals surface area (Å²) >= 11 is -0.0130. The quantitative estimate of drug-likeness (QED) is 0.511. The van der Waals surface area contributed by atoms with Gasteiger partial charge in [0, 0.05) is 0 Å². The molecule has 0 aliphatic carbocycles. The standard InChI is InChI=1S/C11H14OTe2/c1-2-3-8-12-11-13-9-6-4-5-7-10(9)14-11/h4-7,11H,2-3,8H2,1H3. The van der Waals surface area contributed by atoms with Crippen LogP contribution < -0.4 is 7.22 Å². The topological polar surface area (TPSA) is 9.23 Å². The summed E-state index contributed by atoms with van der Waals surface area (Å²) in [4.78, 5) is 0. The maximum atomic E-state index is 5.94. The molecule has 0 amide bonds. The zero-order chi connectivity index (χ0) is 9.80. The van der Waals surface area contributed by atoms with Gasteiger partial charge in [-0.25, -0.2) is 0 Å². The van der Waals surface area contributed by atoms with Crippen LogP contribution in [0.5, 0.6) is 0 Å². The second-order valence-corrected chi connectivity index (χ2v) is 12.4. The summed E-state index contributed by atoms with van der Waals surface area (Å²) < 4.78 is 9.98. The normalized spacial score (nSPS) is 15.8. The van der Waals surface area contributed by atoms with Crippen LogP contribution in [0.15, 0.2) is 24.3 Å². The predicted octanol–water partition coefficient (Wildman–Crippen LogP) is 0.460. The monoisotopic (exact) mass is 422 g/mol. The van der Waals surface area contributed by atoms with Crippen molar-refractivity contribution >= 4 is 49.1 Å². The van der Waals surface area contributed by atoms with Gasteiger partial charge >= 0.3 is 107 Å². The molecule has 0 bridgehead atoms. The Morgan fingerprint density at radius 1 is 1.21 bits per heavy atom. The molecule has 0 unspecified atom stereocenters. The van der Waals surface area contributed by atoms with Crippen molar-refractivity contribution in [2.75, 3.05) is 6.61 Å². The average molecular weight is 417 g/mol. The van der Waals surface area contributed by atoms with Crippen molar-refractivity contribution in [2.45, 2.75) is 22.0 Å². The third-order valence-corrected chi connectivity index (χ3v) is 12.3. The predicted molar refractivity (Wildman–Crippen MR) is 61.9 cm³/mol. The van der Waals surface area contributed by atoms with E-state index in [0.717, 1.165) is 6.61 Å². The van der Waals surface area contributed by atoms with E-state index in [2.05, 4.69) is 31.2 Å². The van der Waals surface area contributed by atoms with Crippen LogP contribution in [0.2, 0.25) is 0 Å². The second kappa shape index (κ2) is 5.74. The van der Waals surface area contributed by atoms with Gasteiger partial charge in [0.05, 0.1) is 0 Å². The molecule has 0 N–H and O–H groups in total. The fourth-order valence-corrected chi connectivity index (χ4v) is 12.2. The van der Waals surface area contributed by atoms with E-state index in [0.29, 0.717) is 2.20 Å². The Morgan fingerprint density at radius 2 is 1.86 bits per heavy atom. The van der Waals surface area contributed by atoms with E-state index in [1.54, 1.807) is 7.22 Å². The maximum absolute atomic E-state index is 5.94. The molecule has 76 valence electrons. The van der Waals surface area contributed by atoms with Crippen molar-refractivity contribution in [2.24, 2.45) is 0 Å². The Bertz CT molecular complexity index is 276. The third kappa shape index (κ3) is 2.88. The molecule has 0 radical (unpaired) electrons. The van der Waals surface area contributed by atoms with Crippen molar-refractivity contribution in [3.05, 3.63) is 24.3 Å². The summed E-state index contributed by atoms with van der Waals surface area (Å²) in [6.45, 7) is 3.21. The number of rotatable bonds is 4. The summed E-state index contributed by atoms with van der Waals surface area (Å²) in [6.07, 6.45) is 2.48. The first-order valence-electron chi connectivity index (χ1n) is 4.94. The van der Waals surface area contributed by atoms with Crippen molar-refractivity contribution < 1.29 is 4.74 Å². The Balaban J connectivity index is 1.86. The fraction of sp³-hybridized carbons (Fsp3) is 0.455. The summed E-state index contributed by atoms with van der Waals surface area (Å²) in [5, 5.41) is 0. The van der Waals surface area contributed by atoms with Gasteiger partial charge in [-0.2, -0.15) is 0 Å². The van der Waals surface area contributed by atoms with Gasteiger partial charge in [0.25, 0.3) is 0 Å². The minimum absolute atomic E-state index is 0.00649. The first-order chi connectivity index (χ1) is 6.90. The molecule has 1 aromatic carbocycles. The molecule has 1 aliphatic heterocycles. The van der Waals surface area contributed by atoms with Gasteiger partial charge in [-0.05, 0) is 0 Å². The molecule has 1 nitrogen and oxygen atoms in total. The Morgan fingerprint density at radius 3 is 2.43 bits per heavy atom. The second-order valence-electron chi connectivity index (χ2n) is 3.20. The van der Waals surface area contributed by atoms with Gasteiger partial charge in [-0.1, -0.05) is 0 Å². The number of hydrogen-bond acceptors (Lipinski definition) is 1. The first-order valence-corrected chi connectivity index (χ1v) is 9.96. The van der Waals surface area contributed by atoms with Crippen molar-refractivity contribution in [1.82, 2.24) is 0 Å². The third-order valence-electron chi connectivity index (χ3n) is 2.05. The molecular formula is C11H14OTe2. The molecule has 1 aromatic rings.